The molecule has 1 N–H and O–H groups in total. The Balaban J connectivity index is 1.70. The van der Waals surface area contributed by atoms with Crippen molar-refractivity contribution in [2.24, 2.45) is 5.10 Å². The van der Waals surface area contributed by atoms with Gasteiger partial charge in [0.25, 0.3) is 5.91 Å². The maximum atomic E-state index is 12.6. The van der Waals surface area contributed by atoms with Gasteiger partial charge in [0.1, 0.15) is 13.2 Å². The fraction of sp³-hybridized carbons (Fsp3) is 0.214. The number of rotatable bonds is 13. The van der Waals surface area contributed by atoms with E-state index in [-0.39, 0.29) is 5.91 Å². The molecule has 0 radical (unpaired) electrons. The molecule has 0 atom stereocenters. The maximum absolute atomic E-state index is 12.6. The van der Waals surface area contributed by atoms with E-state index in [2.05, 4.69) is 33.0 Å². The second kappa shape index (κ2) is 13.9. The number of hydrogen-bond donors (Lipinski definition) is 1. The van der Waals surface area contributed by atoms with E-state index in [1.54, 1.807) is 24.3 Å². The van der Waals surface area contributed by atoms with E-state index in [0.29, 0.717) is 59.5 Å². The highest BCUT2D eigenvalue weighted by Gasteiger charge is 2.13. The predicted molar refractivity (Wildman–Crippen MR) is 144 cm³/mol. The zero-order valence-corrected chi connectivity index (χ0v) is 21.9. The predicted octanol–water partition coefficient (Wildman–Crippen LogP) is 6.15. The molecule has 3 rings (SSSR count). The van der Waals surface area contributed by atoms with E-state index in [4.69, 9.17) is 18.9 Å². The Hall–Kier alpha value is -3.78. The highest BCUT2D eigenvalue weighted by Crippen LogP contribution is 2.37. The summed E-state index contributed by atoms with van der Waals surface area (Å²) in [6.07, 6.45) is 3.18. The minimum atomic E-state index is -0.380. The third-order valence-corrected chi connectivity index (χ3v) is 5.39. The molecule has 0 heterocycles. The van der Waals surface area contributed by atoms with Crippen LogP contribution < -0.4 is 24.4 Å². The Bertz CT molecular complexity index is 1200. The van der Waals surface area contributed by atoms with Gasteiger partial charge in [0.15, 0.2) is 23.0 Å². The first-order valence-corrected chi connectivity index (χ1v) is 12.3. The number of nitrogens with zero attached hydrogens (tertiary/aromatic N) is 1. The van der Waals surface area contributed by atoms with Crippen LogP contribution in [0.15, 0.2) is 82.9 Å². The molecular weight excluding hydrogens is 524 g/mol. The van der Waals surface area contributed by atoms with Crippen LogP contribution in [-0.4, -0.2) is 31.9 Å². The third kappa shape index (κ3) is 7.61. The molecule has 0 aliphatic carbocycles. The summed E-state index contributed by atoms with van der Waals surface area (Å²) in [6, 6.07) is 18.5. The molecule has 7 nitrogen and oxygen atoms in total. The number of ether oxygens (including phenoxy) is 4. The Labute approximate surface area is 219 Å². The van der Waals surface area contributed by atoms with Crippen LogP contribution in [0.2, 0.25) is 0 Å². The number of hydrazone groups is 1. The molecule has 3 aromatic carbocycles. The van der Waals surface area contributed by atoms with E-state index < -0.39 is 0 Å². The third-order valence-electron chi connectivity index (χ3n) is 4.80. The van der Waals surface area contributed by atoms with Crippen molar-refractivity contribution in [1.29, 1.82) is 0 Å². The van der Waals surface area contributed by atoms with Crippen molar-refractivity contribution in [3.05, 3.63) is 94.5 Å². The highest BCUT2D eigenvalue weighted by molar-refractivity contribution is 9.10. The second-order valence-electron chi connectivity index (χ2n) is 7.43. The number of halogens is 1. The summed E-state index contributed by atoms with van der Waals surface area (Å²) in [4.78, 5) is 12.6. The van der Waals surface area contributed by atoms with E-state index >= 15 is 0 Å². The minimum absolute atomic E-state index is 0.339. The zero-order chi connectivity index (χ0) is 25.8. The Morgan fingerprint density at radius 1 is 0.944 bits per heavy atom. The Morgan fingerprint density at radius 2 is 1.69 bits per heavy atom. The zero-order valence-electron chi connectivity index (χ0n) is 20.3. The first kappa shape index (κ1) is 26.8. The SMILES string of the molecule is C=CCOc1ccc(C(=O)N/N=C/c2cc(Br)c(OCc3ccccc3)c(OCC)c2)cc1OCC. The molecule has 0 bridgehead atoms. The number of benzene rings is 3. The quantitative estimate of drug-likeness (QED) is 0.156. The summed E-state index contributed by atoms with van der Waals surface area (Å²) < 4.78 is 23.7. The molecule has 0 aromatic heterocycles. The summed E-state index contributed by atoms with van der Waals surface area (Å²) >= 11 is 3.56. The van der Waals surface area contributed by atoms with Crippen LogP contribution in [-0.2, 0) is 6.61 Å². The number of carbonyl (C=O) groups is 1. The second-order valence-corrected chi connectivity index (χ2v) is 8.28. The smallest absolute Gasteiger partial charge is 0.271 e. The monoisotopic (exact) mass is 552 g/mol. The molecule has 0 unspecified atom stereocenters. The summed E-state index contributed by atoms with van der Waals surface area (Å²) in [5.74, 6) is 1.82. The normalized spacial score (nSPS) is 10.6. The lowest BCUT2D eigenvalue weighted by atomic mass is 10.2. The number of hydrogen-bond acceptors (Lipinski definition) is 6. The number of amides is 1. The fourth-order valence-corrected chi connectivity index (χ4v) is 3.78. The Kier molecular flexibility index (Phi) is 10.4. The van der Waals surface area contributed by atoms with Gasteiger partial charge < -0.3 is 18.9 Å². The van der Waals surface area contributed by atoms with Crippen LogP contribution in [0.25, 0.3) is 0 Å². The molecule has 0 fully saturated rings. The van der Waals surface area contributed by atoms with Gasteiger partial charge in [0, 0.05) is 5.56 Å². The van der Waals surface area contributed by atoms with Crippen LogP contribution in [0.3, 0.4) is 0 Å². The molecule has 1 amide bonds. The number of nitrogens with one attached hydrogen (secondary N) is 1. The van der Waals surface area contributed by atoms with Crippen molar-refractivity contribution in [1.82, 2.24) is 5.43 Å². The molecule has 0 spiro atoms. The van der Waals surface area contributed by atoms with Crippen LogP contribution in [0, 0.1) is 0 Å². The molecule has 3 aromatic rings. The topological polar surface area (TPSA) is 78.4 Å². The average Bonchev–Trinajstić information content (AvgIpc) is 2.88. The average molecular weight is 553 g/mol. The number of carbonyl (C=O) groups excluding carboxylic acids is 1. The van der Waals surface area contributed by atoms with Crippen molar-refractivity contribution >= 4 is 28.1 Å². The highest BCUT2D eigenvalue weighted by atomic mass is 79.9. The van der Waals surface area contributed by atoms with Gasteiger partial charge in [0.05, 0.1) is 23.9 Å². The van der Waals surface area contributed by atoms with Crippen LogP contribution >= 0.6 is 15.9 Å². The van der Waals surface area contributed by atoms with Gasteiger partial charge in [0.2, 0.25) is 0 Å². The van der Waals surface area contributed by atoms with Crippen LogP contribution in [0.4, 0.5) is 0 Å². The summed E-state index contributed by atoms with van der Waals surface area (Å²) in [5, 5.41) is 4.10. The van der Waals surface area contributed by atoms with Gasteiger partial charge >= 0.3 is 0 Å². The lowest BCUT2D eigenvalue weighted by Crippen LogP contribution is -2.17. The summed E-state index contributed by atoms with van der Waals surface area (Å²) in [6.45, 7) is 9.06. The minimum Gasteiger partial charge on any atom is -0.490 e. The van der Waals surface area contributed by atoms with E-state index in [0.717, 1.165) is 11.1 Å². The van der Waals surface area contributed by atoms with Crippen LogP contribution in [0.1, 0.15) is 35.3 Å². The first-order valence-electron chi connectivity index (χ1n) is 11.5. The molecule has 0 aliphatic heterocycles. The Morgan fingerprint density at radius 3 is 2.42 bits per heavy atom. The molecule has 0 aliphatic rings. The lowest BCUT2D eigenvalue weighted by Gasteiger charge is -2.14. The summed E-state index contributed by atoms with van der Waals surface area (Å²) in [7, 11) is 0. The van der Waals surface area contributed by atoms with Crippen molar-refractivity contribution in [3.63, 3.8) is 0 Å². The van der Waals surface area contributed by atoms with Gasteiger partial charge in [-0.25, -0.2) is 5.43 Å². The van der Waals surface area contributed by atoms with E-state index in [1.165, 1.54) is 6.21 Å². The molecule has 8 heteroatoms. The van der Waals surface area contributed by atoms with Crippen molar-refractivity contribution < 1.29 is 23.7 Å². The molecule has 36 heavy (non-hydrogen) atoms. The standard InChI is InChI=1S/C28H29BrN2O5/c1-4-14-35-24-13-12-22(17-25(24)33-5-2)28(32)31-30-18-21-15-23(29)27(26(16-21)34-6-3)36-19-20-10-8-7-9-11-20/h4,7-13,15-18H,1,5-6,14,19H2,2-3H3,(H,31,32)/b30-18+. The molecular formula is C28H29BrN2O5. The van der Waals surface area contributed by atoms with Gasteiger partial charge in [-0.1, -0.05) is 43.0 Å². The van der Waals surface area contributed by atoms with Crippen molar-refractivity contribution in [2.45, 2.75) is 20.5 Å². The van der Waals surface area contributed by atoms with Crippen molar-refractivity contribution in [2.75, 3.05) is 19.8 Å². The van der Waals surface area contributed by atoms with Gasteiger partial charge in [-0.05, 0) is 71.2 Å². The molecule has 0 saturated carbocycles. The van der Waals surface area contributed by atoms with E-state index in [1.807, 2.05) is 56.3 Å². The fourth-order valence-electron chi connectivity index (χ4n) is 3.21. The van der Waals surface area contributed by atoms with Gasteiger partial charge in [-0.3, -0.25) is 4.79 Å². The van der Waals surface area contributed by atoms with Gasteiger partial charge in [-0.15, -0.1) is 0 Å². The molecule has 188 valence electrons. The lowest BCUT2D eigenvalue weighted by molar-refractivity contribution is 0.0954. The maximum Gasteiger partial charge on any atom is 0.271 e. The van der Waals surface area contributed by atoms with E-state index in [9.17, 15) is 4.79 Å². The van der Waals surface area contributed by atoms with Gasteiger partial charge in [-0.2, -0.15) is 5.10 Å². The van der Waals surface area contributed by atoms with Crippen LogP contribution in [0.5, 0.6) is 23.0 Å². The van der Waals surface area contributed by atoms with Crippen molar-refractivity contribution in [3.8, 4) is 23.0 Å². The largest absolute Gasteiger partial charge is 0.490 e. The summed E-state index contributed by atoms with van der Waals surface area (Å²) in [5.41, 5.74) is 4.71. The first-order chi connectivity index (χ1) is 17.5. The molecule has 0 saturated heterocycles.